The van der Waals surface area contributed by atoms with E-state index in [1.54, 1.807) is 0 Å². The average Bonchev–Trinajstić information content (AvgIpc) is 2.22. The summed E-state index contributed by atoms with van der Waals surface area (Å²) in [6.07, 6.45) is 7.11. The molecular formula is C14H29NO2S. The largest absolute Gasteiger partial charge is 0.314 e. The van der Waals surface area contributed by atoms with Gasteiger partial charge < -0.3 is 5.32 Å². The Labute approximate surface area is 113 Å². The highest BCUT2D eigenvalue weighted by molar-refractivity contribution is 7.90. The SMILES string of the molecule is CC(C)(C)C1CCC(NCCCS(C)(=O)=O)CC1. The van der Waals surface area contributed by atoms with Gasteiger partial charge in [-0.2, -0.15) is 0 Å². The number of rotatable bonds is 5. The first-order valence-electron chi connectivity index (χ1n) is 7.09. The molecule has 0 aromatic heterocycles. The van der Waals surface area contributed by atoms with Gasteiger partial charge in [0.25, 0.3) is 0 Å². The molecule has 1 rings (SSSR count). The van der Waals surface area contributed by atoms with Crippen LogP contribution in [0.2, 0.25) is 0 Å². The van der Waals surface area contributed by atoms with Gasteiger partial charge in [0.15, 0.2) is 0 Å². The van der Waals surface area contributed by atoms with E-state index in [0.717, 1.165) is 18.9 Å². The van der Waals surface area contributed by atoms with Crippen molar-refractivity contribution >= 4 is 9.84 Å². The Morgan fingerprint density at radius 2 is 1.67 bits per heavy atom. The molecule has 0 spiro atoms. The summed E-state index contributed by atoms with van der Waals surface area (Å²) in [4.78, 5) is 0. The molecule has 0 aromatic carbocycles. The fourth-order valence-electron chi connectivity index (χ4n) is 2.80. The van der Waals surface area contributed by atoms with E-state index < -0.39 is 9.84 Å². The van der Waals surface area contributed by atoms with Gasteiger partial charge in [0.1, 0.15) is 9.84 Å². The zero-order valence-electron chi connectivity index (χ0n) is 12.3. The monoisotopic (exact) mass is 275 g/mol. The summed E-state index contributed by atoms with van der Waals surface area (Å²) in [5.74, 6) is 1.14. The molecule has 108 valence electrons. The summed E-state index contributed by atoms with van der Waals surface area (Å²) < 4.78 is 22.0. The number of hydrogen-bond donors (Lipinski definition) is 1. The molecule has 1 saturated carbocycles. The molecule has 3 nitrogen and oxygen atoms in total. The Kier molecular flexibility index (Phi) is 5.66. The summed E-state index contributed by atoms with van der Waals surface area (Å²) in [5.41, 5.74) is 0.432. The van der Waals surface area contributed by atoms with Crippen LogP contribution in [0.15, 0.2) is 0 Å². The van der Waals surface area contributed by atoms with Crippen LogP contribution < -0.4 is 5.32 Å². The molecule has 0 unspecified atom stereocenters. The molecule has 1 fully saturated rings. The molecule has 0 saturated heterocycles. The van der Waals surface area contributed by atoms with Crippen LogP contribution >= 0.6 is 0 Å². The summed E-state index contributed by atoms with van der Waals surface area (Å²) in [6, 6.07) is 0.600. The zero-order valence-corrected chi connectivity index (χ0v) is 13.1. The van der Waals surface area contributed by atoms with Gasteiger partial charge in [-0.3, -0.25) is 0 Å². The molecule has 0 atom stereocenters. The Bertz CT molecular complexity index is 335. The number of hydrogen-bond acceptors (Lipinski definition) is 3. The molecule has 0 amide bonds. The predicted octanol–water partition coefficient (Wildman–Crippen LogP) is 2.62. The molecule has 1 aliphatic carbocycles. The van der Waals surface area contributed by atoms with Crippen LogP contribution in [0.1, 0.15) is 52.9 Å². The molecule has 1 N–H and O–H groups in total. The fraction of sp³-hybridized carbons (Fsp3) is 1.00. The number of nitrogens with one attached hydrogen (secondary N) is 1. The first kappa shape index (κ1) is 16.0. The van der Waals surface area contributed by atoms with Gasteiger partial charge >= 0.3 is 0 Å². The first-order valence-corrected chi connectivity index (χ1v) is 9.15. The van der Waals surface area contributed by atoms with Gasteiger partial charge in [0, 0.05) is 12.3 Å². The van der Waals surface area contributed by atoms with Crippen molar-refractivity contribution in [2.45, 2.75) is 58.9 Å². The van der Waals surface area contributed by atoms with Crippen LogP contribution in [0.25, 0.3) is 0 Å². The van der Waals surface area contributed by atoms with E-state index in [9.17, 15) is 8.42 Å². The molecule has 4 heteroatoms. The maximum atomic E-state index is 11.0. The van der Waals surface area contributed by atoms with Crippen LogP contribution in [0.5, 0.6) is 0 Å². The van der Waals surface area contributed by atoms with E-state index in [0.29, 0.717) is 17.2 Å². The van der Waals surface area contributed by atoms with Crippen LogP contribution in [0, 0.1) is 11.3 Å². The summed E-state index contributed by atoms with van der Waals surface area (Å²) in [7, 11) is -2.80. The van der Waals surface area contributed by atoms with Gasteiger partial charge in [0.05, 0.1) is 5.75 Å². The quantitative estimate of drug-likeness (QED) is 0.785. The van der Waals surface area contributed by atoms with Gasteiger partial charge in [0.2, 0.25) is 0 Å². The Balaban J connectivity index is 2.17. The molecule has 0 bridgehead atoms. The highest BCUT2D eigenvalue weighted by Gasteiger charge is 2.29. The van der Waals surface area contributed by atoms with Crippen molar-refractivity contribution < 1.29 is 8.42 Å². The molecule has 0 radical (unpaired) electrons. The van der Waals surface area contributed by atoms with E-state index in [4.69, 9.17) is 0 Å². The normalized spacial score (nSPS) is 26.2. The van der Waals surface area contributed by atoms with Crippen molar-refractivity contribution in [3.05, 3.63) is 0 Å². The minimum absolute atomic E-state index is 0.303. The molecule has 18 heavy (non-hydrogen) atoms. The van der Waals surface area contributed by atoms with Gasteiger partial charge in [-0.15, -0.1) is 0 Å². The second-order valence-electron chi connectivity index (χ2n) is 6.85. The lowest BCUT2D eigenvalue weighted by molar-refractivity contribution is 0.160. The van der Waals surface area contributed by atoms with Gasteiger partial charge in [-0.25, -0.2) is 8.42 Å². The van der Waals surface area contributed by atoms with Crippen molar-refractivity contribution in [2.24, 2.45) is 11.3 Å². The van der Waals surface area contributed by atoms with Crippen LogP contribution in [0.4, 0.5) is 0 Å². The standard InChI is InChI=1S/C14H29NO2S/c1-14(2,3)12-6-8-13(9-7-12)15-10-5-11-18(4,16)17/h12-13,15H,5-11H2,1-4H3. The lowest BCUT2D eigenvalue weighted by Crippen LogP contribution is -2.37. The van der Waals surface area contributed by atoms with E-state index in [1.807, 2.05) is 0 Å². The smallest absolute Gasteiger partial charge is 0.147 e. The predicted molar refractivity (Wildman–Crippen MR) is 77.5 cm³/mol. The van der Waals surface area contributed by atoms with Crippen LogP contribution in [-0.4, -0.2) is 33.0 Å². The third-order valence-corrected chi connectivity index (χ3v) is 5.11. The summed E-state index contributed by atoms with van der Waals surface area (Å²) in [6.45, 7) is 7.82. The van der Waals surface area contributed by atoms with Crippen molar-refractivity contribution in [1.29, 1.82) is 0 Å². The molecular weight excluding hydrogens is 246 g/mol. The maximum absolute atomic E-state index is 11.0. The van der Waals surface area contributed by atoms with E-state index in [1.165, 1.54) is 31.9 Å². The van der Waals surface area contributed by atoms with Crippen molar-refractivity contribution in [1.82, 2.24) is 5.32 Å². The van der Waals surface area contributed by atoms with Crippen molar-refractivity contribution in [3.8, 4) is 0 Å². The van der Waals surface area contributed by atoms with E-state index in [2.05, 4.69) is 26.1 Å². The second kappa shape index (κ2) is 6.38. The maximum Gasteiger partial charge on any atom is 0.147 e. The highest BCUT2D eigenvalue weighted by Crippen LogP contribution is 2.37. The Morgan fingerprint density at radius 1 is 1.11 bits per heavy atom. The van der Waals surface area contributed by atoms with Crippen molar-refractivity contribution in [2.75, 3.05) is 18.6 Å². The first-order chi connectivity index (χ1) is 8.18. The fourth-order valence-corrected chi connectivity index (χ4v) is 3.47. The average molecular weight is 275 g/mol. The van der Waals surface area contributed by atoms with Gasteiger partial charge in [-0.05, 0) is 50.0 Å². The lowest BCUT2D eigenvalue weighted by Gasteiger charge is -2.37. The van der Waals surface area contributed by atoms with E-state index >= 15 is 0 Å². The third kappa shape index (κ3) is 6.19. The molecule has 0 aliphatic heterocycles. The summed E-state index contributed by atoms with van der Waals surface area (Å²) in [5, 5.41) is 3.50. The Morgan fingerprint density at radius 3 is 2.11 bits per heavy atom. The second-order valence-corrected chi connectivity index (χ2v) is 9.11. The van der Waals surface area contributed by atoms with Crippen molar-refractivity contribution in [3.63, 3.8) is 0 Å². The zero-order chi connectivity index (χ0) is 13.8. The highest BCUT2D eigenvalue weighted by atomic mass is 32.2. The Hall–Kier alpha value is -0.0900. The molecule has 1 aliphatic rings. The topological polar surface area (TPSA) is 46.2 Å². The number of sulfone groups is 1. The van der Waals surface area contributed by atoms with Crippen LogP contribution in [0.3, 0.4) is 0 Å². The minimum atomic E-state index is -2.80. The lowest BCUT2D eigenvalue weighted by atomic mass is 9.71. The molecule has 0 heterocycles. The van der Waals surface area contributed by atoms with Crippen LogP contribution in [-0.2, 0) is 9.84 Å². The van der Waals surface area contributed by atoms with Gasteiger partial charge in [-0.1, -0.05) is 20.8 Å². The molecule has 0 aromatic rings. The minimum Gasteiger partial charge on any atom is -0.314 e. The third-order valence-electron chi connectivity index (χ3n) is 4.08. The summed E-state index contributed by atoms with van der Waals surface area (Å²) >= 11 is 0. The van der Waals surface area contributed by atoms with E-state index in [-0.39, 0.29) is 0 Å².